The van der Waals surface area contributed by atoms with Crippen molar-refractivity contribution in [1.29, 1.82) is 0 Å². The molecule has 0 saturated carbocycles. The molecule has 1 fully saturated rings. The van der Waals surface area contributed by atoms with Gasteiger partial charge in [-0.3, -0.25) is 0 Å². The molecule has 1 saturated heterocycles. The van der Waals surface area contributed by atoms with Crippen molar-refractivity contribution in [1.82, 2.24) is 9.97 Å². The number of nitrogens with two attached hydrogens (primary N) is 1. The van der Waals surface area contributed by atoms with Gasteiger partial charge in [-0.05, 0) is 25.5 Å². The zero-order valence-electron chi connectivity index (χ0n) is 9.65. The van der Waals surface area contributed by atoms with Gasteiger partial charge in [-0.15, -0.1) is 0 Å². The molecule has 2 rings (SSSR count). The molecule has 1 aromatic heterocycles. The van der Waals surface area contributed by atoms with Crippen molar-refractivity contribution < 1.29 is 4.74 Å². The van der Waals surface area contributed by atoms with E-state index in [0.29, 0.717) is 6.54 Å². The van der Waals surface area contributed by atoms with Gasteiger partial charge in [0, 0.05) is 25.0 Å². The van der Waals surface area contributed by atoms with Crippen molar-refractivity contribution in [2.75, 3.05) is 37.7 Å². The minimum atomic E-state index is 0.640. The van der Waals surface area contributed by atoms with E-state index in [-0.39, 0.29) is 0 Å². The van der Waals surface area contributed by atoms with E-state index >= 15 is 0 Å². The summed E-state index contributed by atoms with van der Waals surface area (Å²) in [6.45, 7) is 5.91. The highest BCUT2D eigenvalue weighted by atomic mass is 16.5. The Balaban J connectivity index is 2.13. The maximum atomic E-state index is 5.53. The second-order valence-corrected chi connectivity index (χ2v) is 3.92. The molecular formula is C11H18N4O. The van der Waals surface area contributed by atoms with Crippen molar-refractivity contribution >= 4 is 5.95 Å². The lowest BCUT2D eigenvalue weighted by atomic mass is 10.2. The minimum absolute atomic E-state index is 0.640. The molecule has 0 unspecified atom stereocenters. The second-order valence-electron chi connectivity index (χ2n) is 3.92. The van der Waals surface area contributed by atoms with Gasteiger partial charge < -0.3 is 15.4 Å². The van der Waals surface area contributed by atoms with E-state index in [0.717, 1.165) is 49.9 Å². The van der Waals surface area contributed by atoms with Crippen LogP contribution in [0, 0.1) is 6.92 Å². The maximum absolute atomic E-state index is 5.53. The Labute approximate surface area is 95.6 Å². The van der Waals surface area contributed by atoms with Crippen LogP contribution in [0.1, 0.15) is 11.3 Å². The summed E-state index contributed by atoms with van der Waals surface area (Å²) >= 11 is 0. The largest absolute Gasteiger partial charge is 0.378 e. The molecule has 0 aliphatic carbocycles. The van der Waals surface area contributed by atoms with Crippen molar-refractivity contribution in [3.05, 3.63) is 17.5 Å². The fourth-order valence-electron chi connectivity index (χ4n) is 1.80. The standard InChI is InChI=1S/C11H18N4O/c1-9-10(2-3-12)8-13-11(14-9)15-4-6-16-7-5-15/h8H,2-7,12H2,1H3. The van der Waals surface area contributed by atoms with Gasteiger partial charge in [0.15, 0.2) is 0 Å². The van der Waals surface area contributed by atoms with Crippen LogP contribution in [0.2, 0.25) is 0 Å². The monoisotopic (exact) mass is 222 g/mol. The molecule has 1 aliphatic heterocycles. The Morgan fingerprint density at radius 3 is 2.81 bits per heavy atom. The van der Waals surface area contributed by atoms with Gasteiger partial charge in [0.05, 0.1) is 13.2 Å². The molecule has 16 heavy (non-hydrogen) atoms. The van der Waals surface area contributed by atoms with E-state index in [9.17, 15) is 0 Å². The van der Waals surface area contributed by atoms with Crippen LogP contribution in [0.4, 0.5) is 5.95 Å². The smallest absolute Gasteiger partial charge is 0.225 e. The average molecular weight is 222 g/mol. The van der Waals surface area contributed by atoms with E-state index in [1.165, 1.54) is 0 Å². The summed E-state index contributed by atoms with van der Waals surface area (Å²) in [5, 5.41) is 0. The maximum Gasteiger partial charge on any atom is 0.225 e. The Bertz CT molecular complexity index is 350. The first-order valence-electron chi connectivity index (χ1n) is 5.66. The van der Waals surface area contributed by atoms with Gasteiger partial charge in [0.25, 0.3) is 0 Å². The predicted octanol–water partition coefficient (Wildman–Crippen LogP) is 0.123. The fraction of sp³-hybridized carbons (Fsp3) is 0.636. The fourth-order valence-corrected chi connectivity index (χ4v) is 1.80. The van der Waals surface area contributed by atoms with Crippen LogP contribution in [0.3, 0.4) is 0 Å². The molecule has 88 valence electrons. The number of hydrogen-bond donors (Lipinski definition) is 1. The molecule has 1 aromatic rings. The summed E-state index contributed by atoms with van der Waals surface area (Å²) in [4.78, 5) is 11.1. The van der Waals surface area contributed by atoms with Crippen LogP contribution < -0.4 is 10.6 Å². The number of aryl methyl sites for hydroxylation is 1. The van der Waals surface area contributed by atoms with Crippen LogP contribution in [0.15, 0.2) is 6.20 Å². The number of nitrogens with zero attached hydrogens (tertiary/aromatic N) is 3. The van der Waals surface area contributed by atoms with Gasteiger partial charge in [-0.1, -0.05) is 0 Å². The van der Waals surface area contributed by atoms with E-state index in [1.807, 2.05) is 13.1 Å². The number of rotatable bonds is 3. The molecule has 2 heterocycles. The third-order valence-electron chi connectivity index (χ3n) is 2.78. The van der Waals surface area contributed by atoms with Gasteiger partial charge in [0.1, 0.15) is 0 Å². The zero-order chi connectivity index (χ0) is 11.4. The lowest BCUT2D eigenvalue weighted by Gasteiger charge is -2.27. The molecule has 2 N–H and O–H groups in total. The van der Waals surface area contributed by atoms with Crippen LogP contribution in [0.5, 0.6) is 0 Å². The van der Waals surface area contributed by atoms with Crippen LogP contribution in [-0.4, -0.2) is 42.8 Å². The number of hydrogen-bond acceptors (Lipinski definition) is 5. The van der Waals surface area contributed by atoms with E-state index in [1.54, 1.807) is 0 Å². The molecule has 0 atom stereocenters. The summed E-state index contributed by atoms with van der Waals surface area (Å²) in [6.07, 6.45) is 2.73. The van der Waals surface area contributed by atoms with E-state index < -0.39 is 0 Å². The molecule has 0 radical (unpaired) electrons. The van der Waals surface area contributed by atoms with Crippen molar-refractivity contribution in [2.45, 2.75) is 13.3 Å². The molecule has 5 nitrogen and oxygen atoms in total. The SMILES string of the molecule is Cc1nc(N2CCOCC2)ncc1CCN. The van der Waals surface area contributed by atoms with Crippen molar-refractivity contribution in [3.8, 4) is 0 Å². The summed E-state index contributed by atoms with van der Waals surface area (Å²) in [7, 11) is 0. The number of aromatic nitrogens is 2. The van der Waals surface area contributed by atoms with Crippen molar-refractivity contribution in [2.24, 2.45) is 5.73 Å². The molecule has 5 heteroatoms. The van der Waals surface area contributed by atoms with Crippen LogP contribution in [-0.2, 0) is 11.2 Å². The summed E-state index contributed by atoms with van der Waals surface area (Å²) < 4.78 is 5.30. The van der Waals surface area contributed by atoms with Gasteiger partial charge in [0.2, 0.25) is 5.95 Å². The Hall–Kier alpha value is -1.20. The molecule has 0 spiro atoms. The van der Waals surface area contributed by atoms with Gasteiger partial charge in [-0.2, -0.15) is 0 Å². The van der Waals surface area contributed by atoms with Gasteiger partial charge in [-0.25, -0.2) is 9.97 Å². The Morgan fingerprint density at radius 2 is 2.19 bits per heavy atom. The first-order valence-corrected chi connectivity index (χ1v) is 5.66. The number of ether oxygens (including phenoxy) is 1. The Kier molecular flexibility index (Phi) is 3.69. The topological polar surface area (TPSA) is 64.3 Å². The number of anilines is 1. The van der Waals surface area contributed by atoms with Crippen molar-refractivity contribution in [3.63, 3.8) is 0 Å². The summed E-state index contributed by atoms with van der Waals surface area (Å²) in [6, 6.07) is 0. The third-order valence-corrected chi connectivity index (χ3v) is 2.78. The highest BCUT2D eigenvalue weighted by Crippen LogP contribution is 2.12. The Morgan fingerprint density at radius 1 is 1.44 bits per heavy atom. The molecule has 0 amide bonds. The van der Waals surface area contributed by atoms with E-state index in [4.69, 9.17) is 10.5 Å². The highest BCUT2D eigenvalue weighted by Gasteiger charge is 2.14. The van der Waals surface area contributed by atoms with Gasteiger partial charge >= 0.3 is 0 Å². The molecular weight excluding hydrogens is 204 g/mol. The first kappa shape index (κ1) is 11.3. The van der Waals surface area contributed by atoms with Crippen LogP contribution >= 0.6 is 0 Å². The minimum Gasteiger partial charge on any atom is -0.378 e. The van der Waals surface area contributed by atoms with E-state index in [2.05, 4.69) is 14.9 Å². The second kappa shape index (κ2) is 5.23. The predicted molar refractivity (Wildman–Crippen MR) is 62.6 cm³/mol. The highest BCUT2D eigenvalue weighted by molar-refractivity contribution is 5.33. The lowest BCUT2D eigenvalue weighted by molar-refractivity contribution is 0.122. The van der Waals surface area contributed by atoms with Crippen LogP contribution in [0.25, 0.3) is 0 Å². The molecule has 0 bridgehead atoms. The normalized spacial score (nSPS) is 16.5. The molecule has 0 aromatic carbocycles. The summed E-state index contributed by atoms with van der Waals surface area (Å²) in [5.74, 6) is 0.807. The number of morpholine rings is 1. The summed E-state index contributed by atoms with van der Waals surface area (Å²) in [5.41, 5.74) is 7.70. The quantitative estimate of drug-likeness (QED) is 0.787. The molecule has 1 aliphatic rings. The zero-order valence-corrected chi connectivity index (χ0v) is 9.65. The average Bonchev–Trinajstić information content (AvgIpc) is 2.33. The third kappa shape index (κ3) is 2.48. The lowest BCUT2D eigenvalue weighted by Crippen LogP contribution is -2.37. The first-order chi connectivity index (χ1) is 7.81.